The number of alkyl halides is 4. The standard InChI is InChI=1S/2C25H24ClF3N4O4S/c2*1-37-24(36)20-17(11-33-14-6-12(8-19(34)35)7-18(33)25(28,29)10-14)31-22(23-30-4-5-38-23)32-21(20)15-3-2-13(27)9-16(15)26/h2*2-5,9,12,14,18,21H,6-8,10-11H2,1H3,(H,31,32)(H,34,35)/t12?,14-,18+,21+;12?,14-,18+,21-/m10/s1. The van der Waals surface area contributed by atoms with Gasteiger partial charge in [-0.25, -0.2) is 45.9 Å². The molecule has 2 unspecified atom stereocenters. The van der Waals surface area contributed by atoms with Crippen LogP contribution in [-0.2, 0) is 28.7 Å². The first kappa shape index (κ1) is 54.9. The minimum Gasteiger partial charge on any atom is -0.481 e. The van der Waals surface area contributed by atoms with E-state index in [2.05, 4.69) is 30.6 Å². The van der Waals surface area contributed by atoms with Gasteiger partial charge in [-0.05, 0) is 61.8 Å². The topological polar surface area (TPSA) is 208 Å². The molecule has 0 spiro atoms. The maximum Gasteiger partial charge on any atom is 0.338 e. The maximum absolute atomic E-state index is 15.1. The van der Waals surface area contributed by atoms with Crippen LogP contribution in [0.25, 0.3) is 0 Å². The molecule has 8 atom stereocenters. The maximum atomic E-state index is 15.1. The van der Waals surface area contributed by atoms with E-state index >= 15 is 17.6 Å². The molecule has 4 aromatic rings. The summed E-state index contributed by atoms with van der Waals surface area (Å²) in [4.78, 5) is 69.9. The van der Waals surface area contributed by atoms with Crippen molar-refractivity contribution in [3.63, 3.8) is 0 Å². The number of ether oxygens (including phenoxy) is 2. The fourth-order valence-corrected chi connectivity index (χ4v) is 13.1. The van der Waals surface area contributed by atoms with E-state index in [1.807, 2.05) is 0 Å². The number of aromatic nitrogens is 2. The first-order chi connectivity index (χ1) is 36.1. The van der Waals surface area contributed by atoms with Crippen LogP contribution < -0.4 is 10.6 Å². The van der Waals surface area contributed by atoms with Gasteiger partial charge in [-0.1, -0.05) is 35.3 Å². The summed E-state index contributed by atoms with van der Waals surface area (Å²) in [5, 5.41) is 29.2. The van der Waals surface area contributed by atoms with Crippen LogP contribution in [0, 0.1) is 23.5 Å². The van der Waals surface area contributed by atoms with Crippen LogP contribution in [0.4, 0.5) is 26.3 Å². The number of carboxylic acid groups (broad SMARTS) is 2. The lowest BCUT2D eigenvalue weighted by Gasteiger charge is -2.40. The molecule has 76 heavy (non-hydrogen) atoms. The minimum atomic E-state index is -3.01. The van der Waals surface area contributed by atoms with Crippen molar-refractivity contribution >= 4 is 81.4 Å². The van der Waals surface area contributed by atoms with Crippen molar-refractivity contribution in [3.05, 3.63) is 125 Å². The number of esters is 2. The van der Waals surface area contributed by atoms with Crippen molar-refractivity contribution in [1.82, 2.24) is 30.4 Å². The number of aliphatic imine (C=N–C) groups is 2. The predicted octanol–water partition coefficient (Wildman–Crippen LogP) is 8.83. The molecule has 2 aromatic carbocycles. The van der Waals surface area contributed by atoms with Gasteiger partial charge in [0.05, 0.1) is 37.4 Å². The summed E-state index contributed by atoms with van der Waals surface area (Å²) in [6, 6.07) is 1.94. The lowest BCUT2D eigenvalue weighted by atomic mass is 9.87. The number of amidine groups is 2. The second-order valence-electron chi connectivity index (χ2n) is 19.3. The predicted molar refractivity (Wildman–Crippen MR) is 268 cm³/mol. The molecule has 6 aliphatic rings. The number of thiazole rings is 2. The molecule has 4 bridgehead atoms. The van der Waals surface area contributed by atoms with E-state index in [4.69, 9.17) is 32.7 Å². The highest BCUT2D eigenvalue weighted by Crippen LogP contribution is 2.51. The number of carbonyl (C=O) groups is 4. The largest absolute Gasteiger partial charge is 0.481 e. The number of benzene rings is 2. The van der Waals surface area contributed by atoms with Crippen molar-refractivity contribution in [1.29, 1.82) is 0 Å². The fraction of sp³-hybridized carbons (Fsp3) is 0.440. The van der Waals surface area contributed by atoms with Crippen LogP contribution >= 0.6 is 45.9 Å². The monoisotopic (exact) mass is 1140 g/mol. The van der Waals surface area contributed by atoms with Gasteiger partial charge in [-0.15, -0.1) is 22.7 Å². The van der Waals surface area contributed by atoms with E-state index in [1.165, 1.54) is 61.2 Å². The third kappa shape index (κ3) is 11.4. The number of carbonyl (C=O) groups excluding carboxylic acids is 2. The molecule has 4 fully saturated rings. The Morgan fingerprint density at radius 1 is 0.671 bits per heavy atom. The summed E-state index contributed by atoms with van der Waals surface area (Å²) < 4.78 is 98.1. The Bertz CT molecular complexity index is 2840. The van der Waals surface area contributed by atoms with E-state index in [0.29, 0.717) is 57.0 Å². The normalized spacial score (nSPS) is 26.6. The molecular formula is C50H48Cl2F6N8O8S2. The quantitative estimate of drug-likeness (QED) is 0.0688. The summed E-state index contributed by atoms with van der Waals surface area (Å²) in [7, 11) is 2.40. The summed E-state index contributed by atoms with van der Waals surface area (Å²) in [6.45, 7) is -0.121. The molecule has 8 heterocycles. The molecule has 16 nitrogen and oxygen atoms in total. The van der Waals surface area contributed by atoms with Gasteiger partial charge in [0.1, 0.15) is 23.7 Å². The first-order valence-electron chi connectivity index (χ1n) is 23.9. The second-order valence-corrected chi connectivity index (χ2v) is 21.9. The summed E-state index contributed by atoms with van der Waals surface area (Å²) >= 11 is 15.3. The molecular weight excluding hydrogens is 1090 g/mol. The molecule has 0 radical (unpaired) electrons. The molecule has 26 heteroatoms. The Balaban J connectivity index is 0.000000186. The number of fused-ring (bicyclic) bond motifs is 4. The van der Waals surface area contributed by atoms with Crippen molar-refractivity contribution in [2.45, 2.75) is 99.5 Å². The van der Waals surface area contributed by atoms with E-state index in [0.717, 1.165) is 12.1 Å². The molecule has 6 aliphatic heterocycles. The van der Waals surface area contributed by atoms with Gasteiger partial charge < -0.3 is 30.3 Å². The average Bonchev–Trinajstić information content (AvgIpc) is 4.16. The van der Waals surface area contributed by atoms with Gasteiger partial charge in [-0.2, -0.15) is 0 Å². The molecule has 2 aromatic heterocycles. The SMILES string of the molecule is COC(=O)C1=C(CN2[C@@H]3CC(CC(=O)O)C[C@H]2C(F)(F)C3)NC(c2nccs2)=N[C@H]1c1ccc(F)cc1Cl.COC(=O)C1=C(CN2[C@H]3CC(CC(=O)O)C[C@@H]2C(F)(F)C3)NC(c2nccs2)=N[C@H]1c1ccc(F)cc1Cl. The highest BCUT2D eigenvalue weighted by Gasteiger charge is 2.59. The van der Waals surface area contributed by atoms with Gasteiger partial charge in [0.25, 0.3) is 11.8 Å². The minimum absolute atomic E-state index is 0.0251. The molecule has 0 aliphatic carbocycles. The molecule has 404 valence electrons. The van der Waals surface area contributed by atoms with Crippen molar-refractivity contribution in [2.75, 3.05) is 27.3 Å². The number of halogens is 8. The molecule has 10 rings (SSSR count). The van der Waals surface area contributed by atoms with Gasteiger partial charge >= 0.3 is 23.9 Å². The van der Waals surface area contributed by atoms with Crippen molar-refractivity contribution in [3.8, 4) is 0 Å². The lowest BCUT2D eigenvalue weighted by Crippen LogP contribution is -2.50. The highest BCUT2D eigenvalue weighted by molar-refractivity contribution is 7.12. The molecule has 4 N–H and O–H groups in total. The molecule has 0 saturated carbocycles. The highest BCUT2D eigenvalue weighted by atomic mass is 35.5. The number of methoxy groups -OCH3 is 2. The van der Waals surface area contributed by atoms with Crippen LogP contribution in [0.15, 0.2) is 92.1 Å². The van der Waals surface area contributed by atoms with E-state index in [1.54, 1.807) is 33.0 Å². The average molecular weight is 1140 g/mol. The van der Waals surface area contributed by atoms with Gasteiger partial charge in [0.15, 0.2) is 21.7 Å². The Hall–Kier alpha value is -5.92. The van der Waals surface area contributed by atoms with Crippen LogP contribution in [0.5, 0.6) is 0 Å². The van der Waals surface area contributed by atoms with E-state index < -0.39 is 96.4 Å². The Kier molecular flexibility index (Phi) is 16.0. The number of nitrogens with one attached hydrogen (secondary N) is 2. The Morgan fingerprint density at radius 3 is 1.38 bits per heavy atom. The third-order valence-electron chi connectivity index (χ3n) is 14.5. The number of rotatable bonds is 14. The van der Waals surface area contributed by atoms with Crippen molar-refractivity contribution in [2.24, 2.45) is 21.8 Å². The number of aliphatic carboxylic acids is 2. The number of piperidine rings is 2. The number of hydrogen-bond donors (Lipinski definition) is 4. The Morgan fingerprint density at radius 2 is 1.07 bits per heavy atom. The smallest absolute Gasteiger partial charge is 0.338 e. The van der Waals surface area contributed by atoms with E-state index in [9.17, 15) is 38.2 Å². The lowest BCUT2D eigenvalue weighted by molar-refractivity contribution is -0.140. The molecule has 0 amide bonds. The van der Waals surface area contributed by atoms with Gasteiger partial charge in [-0.3, -0.25) is 29.4 Å². The van der Waals surface area contributed by atoms with Crippen LogP contribution in [0.2, 0.25) is 10.0 Å². The zero-order valence-electron chi connectivity index (χ0n) is 40.3. The first-order valence-corrected chi connectivity index (χ1v) is 26.4. The van der Waals surface area contributed by atoms with Gasteiger partial charge in [0.2, 0.25) is 0 Å². The summed E-state index contributed by atoms with van der Waals surface area (Å²) in [5.74, 6) is -10.8. The van der Waals surface area contributed by atoms with Crippen LogP contribution in [0.1, 0.15) is 84.6 Å². The number of carboxylic acids is 2. The number of nitrogens with zero attached hydrogens (tertiary/aromatic N) is 6. The van der Waals surface area contributed by atoms with Crippen LogP contribution in [0.3, 0.4) is 0 Å². The summed E-state index contributed by atoms with van der Waals surface area (Å²) in [5.41, 5.74) is 1.41. The fourth-order valence-electron chi connectivity index (χ4n) is 11.4. The number of hydrogen-bond acceptors (Lipinski definition) is 16. The zero-order chi connectivity index (χ0) is 54.4. The van der Waals surface area contributed by atoms with Crippen LogP contribution in [-0.4, -0.2) is 129 Å². The van der Waals surface area contributed by atoms with Gasteiger partial charge in [0, 0.05) is 107 Å². The zero-order valence-corrected chi connectivity index (χ0v) is 43.5. The van der Waals surface area contributed by atoms with Crippen molar-refractivity contribution < 1.29 is 65.2 Å². The Labute approximate surface area is 448 Å². The summed E-state index contributed by atoms with van der Waals surface area (Å²) in [6.07, 6.45) is 2.70. The third-order valence-corrected chi connectivity index (χ3v) is 16.7. The second kappa shape index (κ2) is 22.2. The molecule has 4 saturated heterocycles. The van der Waals surface area contributed by atoms with E-state index in [-0.39, 0.29) is 71.8 Å².